The predicted molar refractivity (Wildman–Crippen MR) is 43.7 cm³/mol. The van der Waals surface area contributed by atoms with Crippen molar-refractivity contribution in [1.82, 2.24) is 4.98 Å². The van der Waals surface area contributed by atoms with Crippen LogP contribution in [-0.2, 0) is 0 Å². The SMILES string of the molecule is Cc1cc(C(=O)O)cnc1NN. The van der Waals surface area contributed by atoms with E-state index in [1.807, 2.05) is 0 Å². The number of carbonyl (C=O) groups is 1. The van der Waals surface area contributed by atoms with Crippen molar-refractivity contribution in [3.63, 3.8) is 0 Å². The third-order valence-corrected chi connectivity index (χ3v) is 1.46. The molecule has 1 aromatic rings. The molecule has 0 atom stereocenters. The van der Waals surface area contributed by atoms with Crippen LogP contribution in [0.5, 0.6) is 0 Å². The van der Waals surface area contributed by atoms with Gasteiger partial charge >= 0.3 is 5.97 Å². The fourth-order valence-corrected chi connectivity index (χ4v) is 0.843. The molecule has 0 spiro atoms. The number of nitrogens with one attached hydrogen (secondary N) is 1. The molecule has 0 amide bonds. The second-order valence-corrected chi connectivity index (χ2v) is 2.34. The Morgan fingerprint density at radius 3 is 2.83 bits per heavy atom. The highest BCUT2D eigenvalue weighted by molar-refractivity contribution is 5.87. The zero-order valence-corrected chi connectivity index (χ0v) is 6.53. The minimum Gasteiger partial charge on any atom is -0.478 e. The smallest absolute Gasteiger partial charge is 0.337 e. The Hall–Kier alpha value is -1.62. The summed E-state index contributed by atoms with van der Waals surface area (Å²) < 4.78 is 0. The molecule has 4 N–H and O–H groups in total. The monoisotopic (exact) mass is 167 g/mol. The molecule has 0 saturated carbocycles. The van der Waals surface area contributed by atoms with Crippen molar-refractivity contribution in [3.8, 4) is 0 Å². The standard InChI is InChI=1S/C7H9N3O2/c1-4-2-5(7(11)12)3-9-6(4)10-8/h2-3H,8H2,1H3,(H,9,10)(H,11,12). The lowest BCUT2D eigenvalue weighted by molar-refractivity contribution is 0.0696. The van der Waals surface area contributed by atoms with Crippen molar-refractivity contribution < 1.29 is 9.90 Å². The molecule has 0 aliphatic carbocycles. The number of carboxylic acid groups (broad SMARTS) is 1. The molecule has 12 heavy (non-hydrogen) atoms. The van der Waals surface area contributed by atoms with Crippen LogP contribution in [0.15, 0.2) is 12.3 Å². The Morgan fingerprint density at radius 1 is 1.75 bits per heavy atom. The average Bonchev–Trinajstić information content (AvgIpc) is 2.04. The molecule has 1 aromatic heterocycles. The van der Waals surface area contributed by atoms with Gasteiger partial charge < -0.3 is 10.5 Å². The van der Waals surface area contributed by atoms with Crippen LogP contribution in [0.3, 0.4) is 0 Å². The molecule has 1 rings (SSSR count). The van der Waals surface area contributed by atoms with E-state index >= 15 is 0 Å². The molecule has 0 aromatic carbocycles. The lowest BCUT2D eigenvalue weighted by Gasteiger charge is -2.03. The summed E-state index contributed by atoms with van der Waals surface area (Å²) in [5.41, 5.74) is 3.22. The molecule has 0 unspecified atom stereocenters. The maximum absolute atomic E-state index is 10.5. The molecule has 0 bridgehead atoms. The Bertz CT molecular complexity index is 312. The number of hydrogen-bond acceptors (Lipinski definition) is 4. The second-order valence-electron chi connectivity index (χ2n) is 2.34. The molecule has 0 radical (unpaired) electrons. The highest BCUT2D eigenvalue weighted by atomic mass is 16.4. The van der Waals surface area contributed by atoms with Gasteiger partial charge in [-0.3, -0.25) is 0 Å². The maximum Gasteiger partial charge on any atom is 0.337 e. The van der Waals surface area contributed by atoms with E-state index in [1.165, 1.54) is 12.3 Å². The van der Waals surface area contributed by atoms with Gasteiger partial charge in [-0.2, -0.15) is 0 Å². The van der Waals surface area contributed by atoms with Crippen LogP contribution >= 0.6 is 0 Å². The summed E-state index contributed by atoms with van der Waals surface area (Å²) in [6.07, 6.45) is 1.25. The fourth-order valence-electron chi connectivity index (χ4n) is 0.843. The van der Waals surface area contributed by atoms with Gasteiger partial charge in [0.05, 0.1) is 5.56 Å². The summed E-state index contributed by atoms with van der Waals surface area (Å²) in [6.45, 7) is 1.73. The van der Waals surface area contributed by atoms with Crippen LogP contribution in [0.25, 0.3) is 0 Å². The van der Waals surface area contributed by atoms with Gasteiger partial charge in [0.25, 0.3) is 0 Å². The van der Waals surface area contributed by atoms with Gasteiger partial charge in [-0.1, -0.05) is 0 Å². The summed E-state index contributed by atoms with van der Waals surface area (Å²) in [4.78, 5) is 14.3. The Labute approximate surface area is 69.2 Å². The van der Waals surface area contributed by atoms with Crippen molar-refractivity contribution in [2.45, 2.75) is 6.92 Å². The average molecular weight is 167 g/mol. The van der Waals surface area contributed by atoms with E-state index in [0.717, 1.165) is 0 Å². The molecular formula is C7H9N3O2. The van der Waals surface area contributed by atoms with Crippen molar-refractivity contribution in [3.05, 3.63) is 23.4 Å². The normalized spacial score (nSPS) is 9.50. The first-order valence-corrected chi connectivity index (χ1v) is 3.31. The summed E-state index contributed by atoms with van der Waals surface area (Å²) in [6, 6.07) is 1.50. The number of pyridine rings is 1. The minimum absolute atomic E-state index is 0.159. The molecule has 5 heteroatoms. The first kappa shape index (κ1) is 8.48. The van der Waals surface area contributed by atoms with Gasteiger partial charge in [0.15, 0.2) is 0 Å². The first-order chi connectivity index (χ1) is 5.65. The van der Waals surface area contributed by atoms with Crippen LogP contribution < -0.4 is 11.3 Å². The number of nitrogen functional groups attached to an aromatic ring is 1. The van der Waals surface area contributed by atoms with Crippen molar-refractivity contribution in [2.24, 2.45) is 5.84 Å². The van der Waals surface area contributed by atoms with Gasteiger partial charge in [0.2, 0.25) is 0 Å². The number of aryl methyl sites for hydroxylation is 1. The first-order valence-electron chi connectivity index (χ1n) is 3.31. The third kappa shape index (κ3) is 1.51. The van der Waals surface area contributed by atoms with Gasteiger partial charge in [-0.15, -0.1) is 0 Å². The lowest BCUT2D eigenvalue weighted by Crippen LogP contribution is -2.11. The summed E-state index contributed by atoms with van der Waals surface area (Å²) in [7, 11) is 0. The number of nitrogens with zero attached hydrogens (tertiary/aromatic N) is 1. The Balaban J connectivity index is 3.10. The van der Waals surface area contributed by atoms with E-state index in [0.29, 0.717) is 11.4 Å². The molecule has 64 valence electrons. The molecule has 1 heterocycles. The van der Waals surface area contributed by atoms with E-state index < -0.39 is 5.97 Å². The van der Waals surface area contributed by atoms with Crippen LogP contribution in [0, 0.1) is 6.92 Å². The summed E-state index contributed by atoms with van der Waals surface area (Å²) >= 11 is 0. The highest BCUT2D eigenvalue weighted by Gasteiger charge is 2.05. The van der Waals surface area contributed by atoms with Crippen LogP contribution in [0.2, 0.25) is 0 Å². The van der Waals surface area contributed by atoms with Crippen molar-refractivity contribution >= 4 is 11.8 Å². The van der Waals surface area contributed by atoms with Crippen molar-refractivity contribution in [1.29, 1.82) is 0 Å². The van der Waals surface area contributed by atoms with Crippen LogP contribution in [0.4, 0.5) is 5.82 Å². The predicted octanol–water partition coefficient (Wildman–Crippen LogP) is 0.374. The number of anilines is 1. The van der Waals surface area contributed by atoms with Crippen molar-refractivity contribution in [2.75, 3.05) is 5.43 Å². The number of nitrogens with two attached hydrogens (primary N) is 1. The third-order valence-electron chi connectivity index (χ3n) is 1.46. The number of hydrogen-bond donors (Lipinski definition) is 3. The van der Waals surface area contributed by atoms with E-state index in [-0.39, 0.29) is 5.56 Å². The van der Waals surface area contributed by atoms with E-state index in [1.54, 1.807) is 6.92 Å². The zero-order valence-electron chi connectivity index (χ0n) is 6.53. The molecule has 5 nitrogen and oxygen atoms in total. The fraction of sp³-hybridized carbons (Fsp3) is 0.143. The number of aromatic carboxylic acids is 1. The van der Waals surface area contributed by atoms with Gasteiger partial charge in [0.1, 0.15) is 5.82 Å². The number of hydrazine groups is 1. The van der Waals surface area contributed by atoms with Gasteiger partial charge in [0, 0.05) is 6.20 Å². The molecule has 0 aliphatic heterocycles. The lowest BCUT2D eigenvalue weighted by atomic mass is 10.2. The van der Waals surface area contributed by atoms with E-state index in [9.17, 15) is 4.79 Å². The summed E-state index contributed by atoms with van der Waals surface area (Å²) in [5.74, 6) is 4.61. The molecule has 0 saturated heterocycles. The zero-order chi connectivity index (χ0) is 9.14. The summed E-state index contributed by atoms with van der Waals surface area (Å²) in [5, 5.41) is 8.58. The van der Waals surface area contributed by atoms with Gasteiger partial charge in [-0.05, 0) is 18.6 Å². The Kier molecular flexibility index (Phi) is 2.25. The quantitative estimate of drug-likeness (QED) is 0.437. The second kappa shape index (κ2) is 3.19. The minimum atomic E-state index is -0.992. The van der Waals surface area contributed by atoms with Crippen LogP contribution in [-0.4, -0.2) is 16.1 Å². The number of aromatic nitrogens is 1. The topological polar surface area (TPSA) is 88.2 Å². The van der Waals surface area contributed by atoms with E-state index in [4.69, 9.17) is 10.9 Å². The van der Waals surface area contributed by atoms with Crippen LogP contribution in [0.1, 0.15) is 15.9 Å². The largest absolute Gasteiger partial charge is 0.478 e. The Morgan fingerprint density at radius 2 is 2.42 bits per heavy atom. The maximum atomic E-state index is 10.5. The van der Waals surface area contributed by atoms with E-state index in [2.05, 4.69) is 10.4 Å². The number of rotatable bonds is 2. The van der Waals surface area contributed by atoms with Gasteiger partial charge in [-0.25, -0.2) is 15.6 Å². The molecule has 0 fully saturated rings. The number of carboxylic acids is 1. The molecule has 0 aliphatic rings. The molecular weight excluding hydrogens is 158 g/mol. The highest BCUT2D eigenvalue weighted by Crippen LogP contribution is 2.10.